The number of nitrogens with zero attached hydrogens (tertiary/aromatic N) is 1. The van der Waals surface area contributed by atoms with Crippen molar-refractivity contribution in [2.45, 2.75) is 32.2 Å². The number of carbonyl (C=O) groups excluding carboxylic acids is 3. The molecule has 0 aromatic rings. The fourth-order valence-corrected chi connectivity index (χ4v) is 2.86. The standard InChI is InChI=1S/C14H23N3O4/c1-2-21-12(18)8-11-13(19)16-6-7-17(11)14(20)10-4-3-5-15-9-10/h10-11,15H,2-9H2,1H3,(H,16,19). The van der Waals surface area contributed by atoms with E-state index < -0.39 is 12.0 Å². The van der Waals surface area contributed by atoms with Crippen molar-refractivity contribution in [3.63, 3.8) is 0 Å². The molecule has 0 aromatic heterocycles. The number of carbonyl (C=O) groups is 3. The molecule has 2 atom stereocenters. The molecule has 2 fully saturated rings. The first-order valence-electron chi connectivity index (χ1n) is 7.58. The molecule has 2 rings (SSSR count). The highest BCUT2D eigenvalue weighted by molar-refractivity contribution is 5.92. The van der Waals surface area contributed by atoms with Gasteiger partial charge in [0.15, 0.2) is 0 Å². The lowest BCUT2D eigenvalue weighted by atomic mass is 9.96. The zero-order valence-corrected chi connectivity index (χ0v) is 12.4. The van der Waals surface area contributed by atoms with E-state index in [-0.39, 0.29) is 30.8 Å². The van der Waals surface area contributed by atoms with Crippen LogP contribution in [0.25, 0.3) is 0 Å². The van der Waals surface area contributed by atoms with Gasteiger partial charge in [0.1, 0.15) is 6.04 Å². The maximum Gasteiger partial charge on any atom is 0.308 e. The van der Waals surface area contributed by atoms with E-state index in [4.69, 9.17) is 4.74 Å². The second-order valence-corrected chi connectivity index (χ2v) is 5.39. The van der Waals surface area contributed by atoms with Gasteiger partial charge in [-0.05, 0) is 26.3 Å². The van der Waals surface area contributed by atoms with Gasteiger partial charge >= 0.3 is 5.97 Å². The zero-order valence-electron chi connectivity index (χ0n) is 12.4. The van der Waals surface area contributed by atoms with Crippen LogP contribution in [0, 0.1) is 5.92 Å². The molecule has 2 unspecified atom stereocenters. The van der Waals surface area contributed by atoms with Crippen LogP contribution in [0.1, 0.15) is 26.2 Å². The molecule has 21 heavy (non-hydrogen) atoms. The lowest BCUT2D eigenvalue weighted by Crippen LogP contribution is -2.59. The van der Waals surface area contributed by atoms with Gasteiger partial charge in [0.2, 0.25) is 11.8 Å². The van der Waals surface area contributed by atoms with Crippen molar-refractivity contribution in [1.82, 2.24) is 15.5 Å². The van der Waals surface area contributed by atoms with Crippen molar-refractivity contribution in [3.8, 4) is 0 Å². The van der Waals surface area contributed by atoms with Crippen molar-refractivity contribution in [2.75, 3.05) is 32.8 Å². The first-order chi connectivity index (χ1) is 10.1. The Labute approximate surface area is 124 Å². The van der Waals surface area contributed by atoms with Crippen molar-refractivity contribution in [3.05, 3.63) is 0 Å². The van der Waals surface area contributed by atoms with E-state index in [1.165, 1.54) is 0 Å². The van der Waals surface area contributed by atoms with Crippen LogP contribution in [0.2, 0.25) is 0 Å². The lowest BCUT2D eigenvalue weighted by Gasteiger charge is -2.37. The molecule has 7 heteroatoms. The average molecular weight is 297 g/mol. The number of hydrogen-bond acceptors (Lipinski definition) is 5. The first kappa shape index (κ1) is 15.8. The number of rotatable bonds is 4. The van der Waals surface area contributed by atoms with Crippen LogP contribution in [0.5, 0.6) is 0 Å². The van der Waals surface area contributed by atoms with Gasteiger partial charge in [-0.3, -0.25) is 14.4 Å². The summed E-state index contributed by atoms with van der Waals surface area (Å²) in [5.74, 6) is -0.855. The summed E-state index contributed by atoms with van der Waals surface area (Å²) in [6.07, 6.45) is 1.71. The number of esters is 1. The average Bonchev–Trinajstić information content (AvgIpc) is 2.50. The van der Waals surface area contributed by atoms with Gasteiger partial charge in [-0.1, -0.05) is 0 Å². The molecule has 2 heterocycles. The van der Waals surface area contributed by atoms with Gasteiger partial charge in [0.05, 0.1) is 18.9 Å². The Bertz CT molecular complexity index is 407. The maximum atomic E-state index is 12.6. The van der Waals surface area contributed by atoms with Crippen LogP contribution in [-0.4, -0.2) is 61.5 Å². The van der Waals surface area contributed by atoms with Crippen molar-refractivity contribution < 1.29 is 19.1 Å². The summed E-state index contributed by atoms with van der Waals surface area (Å²) in [5, 5.41) is 5.91. The predicted octanol–water partition coefficient (Wildman–Crippen LogP) is -0.734. The van der Waals surface area contributed by atoms with E-state index in [2.05, 4.69) is 10.6 Å². The molecular formula is C14H23N3O4. The Morgan fingerprint density at radius 1 is 1.38 bits per heavy atom. The summed E-state index contributed by atoms with van der Waals surface area (Å²) in [7, 11) is 0. The minimum atomic E-state index is -0.743. The van der Waals surface area contributed by atoms with E-state index in [1.807, 2.05) is 0 Å². The molecule has 0 bridgehead atoms. The number of piperazine rings is 1. The predicted molar refractivity (Wildman–Crippen MR) is 75.4 cm³/mol. The number of amides is 2. The highest BCUT2D eigenvalue weighted by Gasteiger charge is 2.37. The lowest BCUT2D eigenvalue weighted by molar-refractivity contribution is -0.153. The van der Waals surface area contributed by atoms with E-state index in [1.54, 1.807) is 11.8 Å². The van der Waals surface area contributed by atoms with E-state index in [0.29, 0.717) is 19.6 Å². The highest BCUT2D eigenvalue weighted by Crippen LogP contribution is 2.18. The minimum absolute atomic E-state index is 0.0358. The summed E-state index contributed by atoms with van der Waals surface area (Å²) in [5.41, 5.74) is 0. The highest BCUT2D eigenvalue weighted by atomic mass is 16.5. The summed E-state index contributed by atoms with van der Waals surface area (Å²) >= 11 is 0. The van der Waals surface area contributed by atoms with Gasteiger partial charge in [0, 0.05) is 19.6 Å². The molecule has 7 nitrogen and oxygen atoms in total. The summed E-state index contributed by atoms with van der Waals surface area (Å²) in [6.45, 7) is 4.44. The normalized spacial score (nSPS) is 26.1. The Morgan fingerprint density at radius 2 is 2.19 bits per heavy atom. The minimum Gasteiger partial charge on any atom is -0.466 e. The van der Waals surface area contributed by atoms with Gasteiger partial charge in [0.25, 0.3) is 0 Å². The van der Waals surface area contributed by atoms with Crippen LogP contribution in [0.15, 0.2) is 0 Å². The summed E-state index contributed by atoms with van der Waals surface area (Å²) in [4.78, 5) is 37.8. The fraction of sp³-hybridized carbons (Fsp3) is 0.786. The molecule has 0 aliphatic carbocycles. The van der Waals surface area contributed by atoms with E-state index >= 15 is 0 Å². The molecular weight excluding hydrogens is 274 g/mol. The molecule has 0 saturated carbocycles. The largest absolute Gasteiger partial charge is 0.466 e. The van der Waals surface area contributed by atoms with Crippen molar-refractivity contribution in [1.29, 1.82) is 0 Å². The third-order valence-corrected chi connectivity index (χ3v) is 3.93. The third-order valence-electron chi connectivity index (χ3n) is 3.93. The van der Waals surface area contributed by atoms with E-state index in [9.17, 15) is 14.4 Å². The van der Waals surface area contributed by atoms with Crippen LogP contribution < -0.4 is 10.6 Å². The van der Waals surface area contributed by atoms with Crippen LogP contribution >= 0.6 is 0 Å². The molecule has 118 valence electrons. The van der Waals surface area contributed by atoms with Crippen LogP contribution in [0.3, 0.4) is 0 Å². The SMILES string of the molecule is CCOC(=O)CC1C(=O)NCCN1C(=O)C1CCCNC1. The Kier molecular flexibility index (Phi) is 5.55. The van der Waals surface area contributed by atoms with E-state index in [0.717, 1.165) is 19.4 Å². The fourth-order valence-electron chi connectivity index (χ4n) is 2.86. The van der Waals surface area contributed by atoms with Crippen molar-refractivity contribution >= 4 is 17.8 Å². The Hall–Kier alpha value is -1.63. The van der Waals surface area contributed by atoms with Gasteiger partial charge in [-0.2, -0.15) is 0 Å². The topological polar surface area (TPSA) is 87.7 Å². The molecule has 2 aliphatic rings. The maximum absolute atomic E-state index is 12.6. The van der Waals surface area contributed by atoms with Crippen LogP contribution in [0.4, 0.5) is 0 Å². The zero-order chi connectivity index (χ0) is 15.2. The Morgan fingerprint density at radius 3 is 2.86 bits per heavy atom. The monoisotopic (exact) mass is 297 g/mol. The van der Waals surface area contributed by atoms with Crippen molar-refractivity contribution in [2.24, 2.45) is 5.92 Å². The smallest absolute Gasteiger partial charge is 0.308 e. The molecule has 2 amide bonds. The quantitative estimate of drug-likeness (QED) is 0.668. The Balaban J connectivity index is 2.04. The van der Waals surface area contributed by atoms with Gasteiger partial charge in [-0.15, -0.1) is 0 Å². The number of hydrogen-bond donors (Lipinski definition) is 2. The molecule has 2 N–H and O–H groups in total. The summed E-state index contributed by atoms with van der Waals surface area (Å²) in [6, 6.07) is -0.743. The third kappa shape index (κ3) is 3.93. The molecule has 0 radical (unpaired) electrons. The van der Waals surface area contributed by atoms with Gasteiger partial charge < -0.3 is 20.3 Å². The number of ether oxygens (including phenoxy) is 1. The molecule has 0 aromatic carbocycles. The van der Waals surface area contributed by atoms with Gasteiger partial charge in [-0.25, -0.2) is 0 Å². The molecule has 0 spiro atoms. The second-order valence-electron chi connectivity index (χ2n) is 5.39. The number of piperidine rings is 1. The molecule has 2 saturated heterocycles. The summed E-state index contributed by atoms with van der Waals surface area (Å²) < 4.78 is 4.90. The first-order valence-corrected chi connectivity index (χ1v) is 7.58. The molecule has 2 aliphatic heterocycles. The van der Waals surface area contributed by atoms with Crippen LogP contribution in [-0.2, 0) is 19.1 Å². The second kappa shape index (κ2) is 7.40. The number of nitrogens with one attached hydrogen (secondary N) is 2.